The van der Waals surface area contributed by atoms with Crippen LogP contribution in [0, 0.1) is 6.92 Å². The van der Waals surface area contributed by atoms with Crippen molar-refractivity contribution in [3.63, 3.8) is 0 Å². The summed E-state index contributed by atoms with van der Waals surface area (Å²) in [7, 11) is 0. The molecular formula is C18H27N. The minimum Gasteiger partial charge on any atom is -0.291 e. The topological polar surface area (TPSA) is 3.24 Å². The molecule has 19 heavy (non-hydrogen) atoms. The van der Waals surface area contributed by atoms with E-state index in [-0.39, 0.29) is 5.54 Å². The Morgan fingerprint density at radius 1 is 1.11 bits per heavy atom. The molecule has 0 bridgehead atoms. The second-order valence-corrected chi connectivity index (χ2v) is 7.37. The first-order valence-electron chi connectivity index (χ1n) is 7.84. The summed E-state index contributed by atoms with van der Waals surface area (Å²) >= 11 is 0. The van der Waals surface area contributed by atoms with Gasteiger partial charge < -0.3 is 0 Å². The Hall–Kier alpha value is -0.820. The van der Waals surface area contributed by atoms with Gasteiger partial charge >= 0.3 is 0 Å². The van der Waals surface area contributed by atoms with E-state index in [0.29, 0.717) is 6.04 Å². The normalized spacial score (nSPS) is 24.9. The molecule has 0 radical (unpaired) electrons. The Morgan fingerprint density at radius 2 is 1.84 bits per heavy atom. The van der Waals surface area contributed by atoms with E-state index in [4.69, 9.17) is 0 Å². The van der Waals surface area contributed by atoms with Gasteiger partial charge in [-0.2, -0.15) is 0 Å². The van der Waals surface area contributed by atoms with E-state index in [0.717, 1.165) is 5.92 Å². The molecule has 1 aromatic rings. The number of nitrogens with zero attached hydrogens (tertiary/aromatic N) is 1. The third-order valence-electron chi connectivity index (χ3n) is 4.82. The fourth-order valence-corrected chi connectivity index (χ4v) is 3.82. The van der Waals surface area contributed by atoms with Crippen molar-refractivity contribution in [2.75, 3.05) is 6.54 Å². The zero-order valence-corrected chi connectivity index (χ0v) is 12.9. The van der Waals surface area contributed by atoms with E-state index >= 15 is 0 Å². The smallest absolute Gasteiger partial charge is 0.0356 e. The van der Waals surface area contributed by atoms with Crippen LogP contribution in [-0.4, -0.2) is 17.0 Å². The fourth-order valence-electron chi connectivity index (χ4n) is 3.82. The van der Waals surface area contributed by atoms with Gasteiger partial charge in [-0.25, -0.2) is 0 Å². The zero-order valence-electron chi connectivity index (χ0n) is 12.9. The van der Waals surface area contributed by atoms with Crippen molar-refractivity contribution in [3.05, 3.63) is 34.9 Å². The maximum atomic E-state index is 2.72. The van der Waals surface area contributed by atoms with Crippen molar-refractivity contribution in [1.82, 2.24) is 4.90 Å². The average molecular weight is 257 g/mol. The molecule has 2 fully saturated rings. The molecule has 1 heteroatoms. The van der Waals surface area contributed by atoms with E-state index in [1.165, 1.54) is 37.8 Å². The molecule has 1 saturated heterocycles. The molecule has 0 N–H and O–H groups in total. The quantitative estimate of drug-likeness (QED) is 0.735. The molecule has 1 aliphatic carbocycles. The number of hydrogen-bond donors (Lipinski definition) is 0. The van der Waals surface area contributed by atoms with Crippen LogP contribution in [0.25, 0.3) is 0 Å². The van der Waals surface area contributed by atoms with Crippen LogP contribution in [0.1, 0.15) is 75.1 Å². The summed E-state index contributed by atoms with van der Waals surface area (Å²) in [6.07, 6.45) is 5.49. The van der Waals surface area contributed by atoms with Crippen LogP contribution in [-0.2, 0) is 0 Å². The maximum Gasteiger partial charge on any atom is 0.0356 e. The number of benzene rings is 1. The number of rotatable bonds is 2. The van der Waals surface area contributed by atoms with Crippen molar-refractivity contribution >= 4 is 0 Å². The molecule has 1 aliphatic heterocycles. The summed E-state index contributed by atoms with van der Waals surface area (Å²) in [5.74, 6) is 0.860. The SMILES string of the molecule is Cc1cccc(C2CCCN2C(C)(C)C)c1C1CC1. The Kier molecular flexibility index (Phi) is 3.21. The lowest BCUT2D eigenvalue weighted by Crippen LogP contribution is -2.40. The molecule has 104 valence electrons. The van der Waals surface area contributed by atoms with E-state index in [9.17, 15) is 0 Å². The number of hydrogen-bond acceptors (Lipinski definition) is 1. The maximum absolute atomic E-state index is 2.72. The van der Waals surface area contributed by atoms with Gasteiger partial charge in [-0.05, 0) is 82.5 Å². The first kappa shape index (κ1) is 13.2. The van der Waals surface area contributed by atoms with Gasteiger partial charge in [-0.1, -0.05) is 18.2 Å². The first-order valence-corrected chi connectivity index (χ1v) is 7.84. The standard InChI is InChI=1S/C18H27N/c1-13-7-5-8-15(17(13)14-10-11-14)16-9-6-12-19(16)18(2,3)4/h5,7-8,14,16H,6,9-12H2,1-4H3. The van der Waals surface area contributed by atoms with Gasteiger partial charge in [-0.15, -0.1) is 0 Å². The lowest BCUT2D eigenvalue weighted by Gasteiger charge is -2.38. The Bertz CT molecular complexity index is 465. The fraction of sp³-hybridized carbons (Fsp3) is 0.667. The van der Waals surface area contributed by atoms with Crippen molar-refractivity contribution < 1.29 is 0 Å². The lowest BCUT2D eigenvalue weighted by atomic mass is 9.90. The predicted octanol–water partition coefficient (Wildman–Crippen LogP) is 4.81. The van der Waals surface area contributed by atoms with Gasteiger partial charge in [0.1, 0.15) is 0 Å². The summed E-state index contributed by atoms with van der Waals surface area (Å²) in [6, 6.07) is 7.61. The van der Waals surface area contributed by atoms with Crippen LogP contribution in [0.3, 0.4) is 0 Å². The second-order valence-electron chi connectivity index (χ2n) is 7.37. The third kappa shape index (κ3) is 2.45. The van der Waals surface area contributed by atoms with E-state index in [2.05, 4.69) is 50.8 Å². The minimum absolute atomic E-state index is 0.283. The Balaban J connectivity index is 1.99. The van der Waals surface area contributed by atoms with Crippen molar-refractivity contribution in [2.24, 2.45) is 0 Å². The van der Waals surface area contributed by atoms with Gasteiger partial charge in [0.15, 0.2) is 0 Å². The number of likely N-dealkylation sites (tertiary alicyclic amines) is 1. The molecule has 1 saturated carbocycles. The summed E-state index contributed by atoms with van der Waals surface area (Å²) in [6.45, 7) is 10.6. The van der Waals surface area contributed by atoms with E-state index < -0.39 is 0 Å². The van der Waals surface area contributed by atoms with Crippen LogP contribution in [0.5, 0.6) is 0 Å². The largest absolute Gasteiger partial charge is 0.291 e. The Morgan fingerprint density at radius 3 is 2.47 bits per heavy atom. The molecule has 2 aliphatic rings. The summed E-state index contributed by atoms with van der Waals surface area (Å²) in [5, 5.41) is 0. The van der Waals surface area contributed by atoms with Crippen molar-refractivity contribution in [2.45, 2.75) is 70.9 Å². The van der Waals surface area contributed by atoms with Gasteiger partial charge in [-0.3, -0.25) is 4.90 Å². The average Bonchev–Trinajstić information content (AvgIpc) is 3.03. The molecule has 3 rings (SSSR count). The molecule has 0 amide bonds. The van der Waals surface area contributed by atoms with Gasteiger partial charge in [0.25, 0.3) is 0 Å². The second kappa shape index (κ2) is 4.63. The van der Waals surface area contributed by atoms with Crippen LogP contribution >= 0.6 is 0 Å². The van der Waals surface area contributed by atoms with Crippen molar-refractivity contribution in [3.8, 4) is 0 Å². The molecule has 1 atom stereocenters. The third-order valence-corrected chi connectivity index (χ3v) is 4.82. The van der Waals surface area contributed by atoms with Gasteiger partial charge in [0.2, 0.25) is 0 Å². The Labute approximate surface area is 118 Å². The van der Waals surface area contributed by atoms with Gasteiger partial charge in [0.05, 0.1) is 0 Å². The molecular weight excluding hydrogens is 230 g/mol. The highest BCUT2D eigenvalue weighted by molar-refractivity contribution is 5.42. The molecule has 1 unspecified atom stereocenters. The van der Waals surface area contributed by atoms with E-state index in [1.807, 2.05) is 0 Å². The molecule has 1 nitrogen and oxygen atoms in total. The van der Waals surface area contributed by atoms with Gasteiger partial charge in [0, 0.05) is 11.6 Å². The highest BCUT2D eigenvalue weighted by Gasteiger charge is 2.37. The minimum atomic E-state index is 0.283. The van der Waals surface area contributed by atoms with Crippen LogP contribution in [0.2, 0.25) is 0 Å². The van der Waals surface area contributed by atoms with Crippen LogP contribution < -0.4 is 0 Å². The highest BCUT2D eigenvalue weighted by Crippen LogP contribution is 2.48. The summed E-state index contributed by atoms with van der Waals surface area (Å²) in [4.78, 5) is 2.72. The summed E-state index contributed by atoms with van der Waals surface area (Å²) in [5.41, 5.74) is 5.12. The molecule has 1 heterocycles. The van der Waals surface area contributed by atoms with E-state index in [1.54, 1.807) is 11.1 Å². The monoisotopic (exact) mass is 257 g/mol. The highest BCUT2D eigenvalue weighted by atomic mass is 15.2. The molecule has 1 aromatic carbocycles. The lowest BCUT2D eigenvalue weighted by molar-refractivity contribution is 0.121. The first-order chi connectivity index (χ1) is 8.98. The predicted molar refractivity (Wildman–Crippen MR) is 81.6 cm³/mol. The number of aryl methyl sites for hydroxylation is 1. The molecule has 0 aromatic heterocycles. The van der Waals surface area contributed by atoms with Crippen molar-refractivity contribution in [1.29, 1.82) is 0 Å². The summed E-state index contributed by atoms with van der Waals surface area (Å²) < 4.78 is 0. The van der Waals surface area contributed by atoms with Crippen LogP contribution in [0.15, 0.2) is 18.2 Å². The zero-order chi connectivity index (χ0) is 13.6. The van der Waals surface area contributed by atoms with Crippen LogP contribution in [0.4, 0.5) is 0 Å². The molecule has 0 spiro atoms.